The number of carbonyl (C=O) groups is 2. The number of fused-ring (bicyclic) bond motifs is 1. The molecule has 2 aliphatic carbocycles. The van der Waals surface area contributed by atoms with Gasteiger partial charge >= 0.3 is 0 Å². The van der Waals surface area contributed by atoms with Gasteiger partial charge in [-0.2, -0.15) is 0 Å². The third-order valence-corrected chi connectivity index (χ3v) is 2.88. The summed E-state index contributed by atoms with van der Waals surface area (Å²) < 4.78 is 0. The number of carbonyl (C=O) groups excluding carboxylic acids is 2. The maximum absolute atomic E-state index is 11.3. The number of ketones is 2. The largest absolute Gasteiger partial charge is 0.299 e. The van der Waals surface area contributed by atoms with E-state index in [2.05, 4.69) is 0 Å². The number of Topliss-reactive ketones (excluding diaryl/α,β-unsaturated/α-hetero) is 2. The third kappa shape index (κ3) is 1.02. The van der Waals surface area contributed by atoms with Gasteiger partial charge in [-0.05, 0) is 19.8 Å². The monoisotopic (exact) mass is 164 g/mol. The summed E-state index contributed by atoms with van der Waals surface area (Å²) in [5.41, 5.74) is 1.26. The van der Waals surface area contributed by atoms with Gasteiger partial charge in [0.05, 0.1) is 6.42 Å². The SMILES string of the molecule is CC1=CC2C(=O)CC(=O)C2CC1. The van der Waals surface area contributed by atoms with Crippen LogP contribution in [0.15, 0.2) is 11.6 Å². The van der Waals surface area contributed by atoms with Crippen molar-refractivity contribution in [3.05, 3.63) is 11.6 Å². The number of hydrogen-bond donors (Lipinski definition) is 0. The van der Waals surface area contributed by atoms with Crippen LogP contribution in [0.1, 0.15) is 26.2 Å². The van der Waals surface area contributed by atoms with Crippen LogP contribution in [0.2, 0.25) is 0 Å². The van der Waals surface area contributed by atoms with Gasteiger partial charge in [-0.15, -0.1) is 0 Å². The lowest BCUT2D eigenvalue weighted by molar-refractivity contribution is -0.122. The first-order valence-corrected chi connectivity index (χ1v) is 4.41. The minimum atomic E-state index is -0.0637. The highest BCUT2D eigenvalue weighted by Gasteiger charge is 2.41. The Balaban J connectivity index is 2.32. The highest BCUT2D eigenvalue weighted by Crippen LogP contribution is 2.36. The number of allylic oxidation sites excluding steroid dienone is 2. The molecule has 0 aliphatic heterocycles. The molecule has 0 saturated heterocycles. The van der Waals surface area contributed by atoms with Crippen LogP contribution >= 0.6 is 0 Å². The van der Waals surface area contributed by atoms with Crippen LogP contribution in [-0.4, -0.2) is 11.6 Å². The van der Waals surface area contributed by atoms with Crippen LogP contribution in [0, 0.1) is 11.8 Å². The zero-order valence-corrected chi connectivity index (χ0v) is 7.17. The molecule has 2 heteroatoms. The lowest BCUT2D eigenvalue weighted by Crippen LogP contribution is -2.19. The predicted molar refractivity (Wildman–Crippen MR) is 44.6 cm³/mol. The van der Waals surface area contributed by atoms with Crippen molar-refractivity contribution in [2.75, 3.05) is 0 Å². The first kappa shape index (κ1) is 7.71. The second-order valence-corrected chi connectivity index (χ2v) is 3.79. The molecule has 0 amide bonds. The normalized spacial score (nSPS) is 34.9. The summed E-state index contributed by atoms with van der Waals surface area (Å²) in [6.45, 7) is 2.03. The Morgan fingerprint density at radius 1 is 1.33 bits per heavy atom. The Kier molecular flexibility index (Phi) is 1.63. The smallest absolute Gasteiger partial charge is 0.147 e. The summed E-state index contributed by atoms with van der Waals surface area (Å²) in [4.78, 5) is 22.6. The van der Waals surface area contributed by atoms with E-state index in [0.29, 0.717) is 0 Å². The van der Waals surface area contributed by atoms with E-state index < -0.39 is 0 Å². The van der Waals surface area contributed by atoms with Crippen LogP contribution < -0.4 is 0 Å². The molecule has 0 aromatic carbocycles. The minimum Gasteiger partial charge on any atom is -0.299 e. The molecule has 0 aromatic heterocycles. The molecule has 2 nitrogen and oxygen atoms in total. The van der Waals surface area contributed by atoms with Crippen LogP contribution in [-0.2, 0) is 9.59 Å². The third-order valence-electron chi connectivity index (χ3n) is 2.88. The van der Waals surface area contributed by atoms with Crippen molar-refractivity contribution in [3.8, 4) is 0 Å². The van der Waals surface area contributed by atoms with Gasteiger partial charge in [-0.1, -0.05) is 11.6 Å². The first-order chi connectivity index (χ1) is 5.68. The van der Waals surface area contributed by atoms with E-state index in [-0.39, 0.29) is 29.8 Å². The van der Waals surface area contributed by atoms with Gasteiger partial charge in [0.15, 0.2) is 0 Å². The fourth-order valence-corrected chi connectivity index (χ4v) is 2.17. The van der Waals surface area contributed by atoms with Gasteiger partial charge in [-0.25, -0.2) is 0 Å². The molecule has 2 unspecified atom stereocenters. The summed E-state index contributed by atoms with van der Waals surface area (Å²) in [5.74, 6) is 0.255. The molecule has 0 radical (unpaired) electrons. The van der Waals surface area contributed by atoms with Gasteiger partial charge < -0.3 is 0 Å². The van der Waals surface area contributed by atoms with Crippen molar-refractivity contribution >= 4 is 11.6 Å². The Bertz CT molecular complexity index is 276. The molecule has 2 aliphatic rings. The summed E-state index contributed by atoms with van der Waals surface area (Å²) in [6.07, 6.45) is 4.04. The van der Waals surface area contributed by atoms with E-state index in [1.165, 1.54) is 5.57 Å². The standard InChI is InChI=1S/C10H12O2/c1-6-2-3-7-8(4-6)10(12)5-9(7)11/h4,7-8H,2-3,5H2,1H3. The van der Waals surface area contributed by atoms with Gasteiger partial charge in [0.2, 0.25) is 0 Å². The average molecular weight is 164 g/mol. The molecular formula is C10H12O2. The Hall–Kier alpha value is -0.920. The molecule has 0 heterocycles. The molecule has 1 fully saturated rings. The zero-order chi connectivity index (χ0) is 8.72. The molecule has 0 bridgehead atoms. The van der Waals surface area contributed by atoms with Crippen molar-refractivity contribution in [2.24, 2.45) is 11.8 Å². The first-order valence-electron chi connectivity index (χ1n) is 4.41. The molecule has 2 atom stereocenters. The summed E-state index contributed by atoms with van der Waals surface area (Å²) in [7, 11) is 0. The fraction of sp³-hybridized carbons (Fsp3) is 0.600. The summed E-state index contributed by atoms with van der Waals surface area (Å²) in [6, 6.07) is 0. The van der Waals surface area contributed by atoms with Gasteiger partial charge in [-0.3, -0.25) is 9.59 Å². The molecule has 0 spiro atoms. The highest BCUT2D eigenvalue weighted by molar-refractivity contribution is 6.09. The average Bonchev–Trinajstić information content (AvgIpc) is 2.28. The van der Waals surface area contributed by atoms with Gasteiger partial charge in [0.1, 0.15) is 11.6 Å². The number of hydrogen-bond acceptors (Lipinski definition) is 2. The van der Waals surface area contributed by atoms with E-state index in [1.54, 1.807) is 0 Å². The Morgan fingerprint density at radius 3 is 2.83 bits per heavy atom. The molecule has 12 heavy (non-hydrogen) atoms. The lowest BCUT2D eigenvalue weighted by Gasteiger charge is -2.19. The van der Waals surface area contributed by atoms with Crippen molar-refractivity contribution in [1.82, 2.24) is 0 Å². The van der Waals surface area contributed by atoms with E-state index in [1.807, 2.05) is 13.0 Å². The Labute approximate surface area is 71.6 Å². The minimum absolute atomic E-state index is 0.0289. The number of rotatable bonds is 0. The van der Waals surface area contributed by atoms with E-state index in [9.17, 15) is 9.59 Å². The zero-order valence-electron chi connectivity index (χ0n) is 7.17. The van der Waals surface area contributed by atoms with Crippen molar-refractivity contribution in [2.45, 2.75) is 26.2 Å². The highest BCUT2D eigenvalue weighted by atomic mass is 16.2. The van der Waals surface area contributed by atoms with Crippen molar-refractivity contribution in [3.63, 3.8) is 0 Å². The quantitative estimate of drug-likeness (QED) is 0.401. The maximum atomic E-state index is 11.3. The van der Waals surface area contributed by atoms with Crippen LogP contribution in [0.5, 0.6) is 0 Å². The second kappa shape index (κ2) is 2.54. The van der Waals surface area contributed by atoms with Crippen LogP contribution in [0.25, 0.3) is 0 Å². The van der Waals surface area contributed by atoms with E-state index in [0.717, 1.165) is 12.8 Å². The van der Waals surface area contributed by atoms with Crippen molar-refractivity contribution < 1.29 is 9.59 Å². The topological polar surface area (TPSA) is 34.1 Å². The molecule has 2 rings (SSSR count). The molecule has 64 valence electrons. The molecule has 0 aromatic rings. The Morgan fingerprint density at radius 2 is 2.08 bits per heavy atom. The van der Waals surface area contributed by atoms with Crippen LogP contribution in [0.3, 0.4) is 0 Å². The second-order valence-electron chi connectivity index (χ2n) is 3.79. The summed E-state index contributed by atoms with van der Waals surface area (Å²) in [5, 5.41) is 0. The molecule has 1 saturated carbocycles. The van der Waals surface area contributed by atoms with E-state index in [4.69, 9.17) is 0 Å². The fourth-order valence-electron chi connectivity index (χ4n) is 2.17. The maximum Gasteiger partial charge on any atom is 0.147 e. The van der Waals surface area contributed by atoms with Gasteiger partial charge in [0, 0.05) is 11.8 Å². The molecular weight excluding hydrogens is 152 g/mol. The van der Waals surface area contributed by atoms with Gasteiger partial charge in [0.25, 0.3) is 0 Å². The lowest BCUT2D eigenvalue weighted by atomic mass is 9.83. The van der Waals surface area contributed by atoms with Crippen molar-refractivity contribution in [1.29, 1.82) is 0 Å². The summed E-state index contributed by atoms with van der Waals surface area (Å²) >= 11 is 0. The predicted octanol–water partition coefficient (Wildman–Crippen LogP) is 1.50. The van der Waals surface area contributed by atoms with E-state index >= 15 is 0 Å². The van der Waals surface area contributed by atoms with Crippen LogP contribution in [0.4, 0.5) is 0 Å². The molecule has 0 N–H and O–H groups in total.